The summed E-state index contributed by atoms with van der Waals surface area (Å²) in [6.45, 7) is 5.66. The van der Waals surface area contributed by atoms with Crippen LogP contribution in [0, 0.1) is 20.8 Å². The van der Waals surface area contributed by atoms with Gasteiger partial charge in [-0.25, -0.2) is 0 Å². The molecule has 0 aliphatic rings. The Morgan fingerprint density at radius 1 is 1.10 bits per heavy atom. The highest BCUT2D eigenvalue weighted by atomic mass is 19.4. The normalized spacial score (nSPS) is 13.3. The van der Waals surface area contributed by atoms with Gasteiger partial charge < -0.3 is 5.73 Å². The molecule has 2 nitrogen and oxygen atoms in total. The van der Waals surface area contributed by atoms with Crippen LogP contribution in [0.3, 0.4) is 0 Å². The van der Waals surface area contributed by atoms with Crippen LogP contribution in [0.15, 0.2) is 30.6 Å². The Balaban J connectivity index is 2.59. The zero-order chi connectivity index (χ0) is 15.8. The molecule has 5 heteroatoms. The van der Waals surface area contributed by atoms with Crippen molar-refractivity contribution < 1.29 is 13.2 Å². The summed E-state index contributed by atoms with van der Waals surface area (Å²) >= 11 is 0. The zero-order valence-corrected chi connectivity index (χ0v) is 12.1. The number of nitrogens with two attached hydrogens (primary N) is 1. The molecule has 2 N–H and O–H groups in total. The van der Waals surface area contributed by atoms with Gasteiger partial charge in [0.2, 0.25) is 0 Å². The first kappa shape index (κ1) is 15.5. The second-order valence-corrected chi connectivity index (χ2v) is 5.25. The predicted octanol–water partition coefficient (Wildman–Crippen LogP) is 4.07. The molecule has 1 unspecified atom stereocenters. The number of hydrogen-bond donors (Lipinski definition) is 1. The van der Waals surface area contributed by atoms with Crippen LogP contribution < -0.4 is 5.73 Å². The SMILES string of the molecule is Cc1cc(C)c(C(N)c2cnccc2C(F)(F)F)c(C)c1. The van der Waals surface area contributed by atoms with Crippen LogP contribution in [0.25, 0.3) is 0 Å². The highest BCUT2D eigenvalue weighted by Crippen LogP contribution is 2.36. The number of halogens is 3. The third-order valence-electron chi connectivity index (χ3n) is 3.54. The standard InChI is InChI=1S/C16H17F3N2/c1-9-6-10(2)14(11(3)7-9)15(20)12-8-21-5-4-13(12)16(17,18)19/h4-8,15H,20H2,1-3H3. The number of aryl methyl sites for hydroxylation is 3. The molecule has 0 fully saturated rings. The number of aromatic nitrogens is 1. The van der Waals surface area contributed by atoms with Crippen LogP contribution in [0.2, 0.25) is 0 Å². The van der Waals surface area contributed by atoms with Crippen LogP contribution >= 0.6 is 0 Å². The van der Waals surface area contributed by atoms with E-state index in [1.807, 2.05) is 32.9 Å². The number of benzene rings is 1. The topological polar surface area (TPSA) is 38.9 Å². The van der Waals surface area contributed by atoms with Crippen molar-refractivity contribution in [2.45, 2.75) is 33.0 Å². The summed E-state index contributed by atoms with van der Waals surface area (Å²) in [5.74, 6) is 0. The average molecular weight is 294 g/mol. The van der Waals surface area contributed by atoms with E-state index in [4.69, 9.17) is 5.73 Å². The largest absolute Gasteiger partial charge is 0.416 e. The molecule has 1 aromatic heterocycles. The van der Waals surface area contributed by atoms with Crippen molar-refractivity contribution in [1.82, 2.24) is 4.98 Å². The van der Waals surface area contributed by atoms with Crippen LogP contribution in [-0.2, 0) is 6.18 Å². The van der Waals surface area contributed by atoms with Gasteiger partial charge in [0, 0.05) is 18.0 Å². The lowest BCUT2D eigenvalue weighted by molar-refractivity contribution is -0.138. The van der Waals surface area contributed by atoms with E-state index in [9.17, 15) is 13.2 Å². The van der Waals surface area contributed by atoms with Gasteiger partial charge in [0.25, 0.3) is 0 Å². The van der Waals surface area contributed by atoms with Gasteiger partial charge in [0.1, 0.15) is 0 Å². The van der Waals surface area contributed by atoms with E-state index in [0.717, 1.165) is 34.5 Å². The minimum atomic E-state index is -4.44. The molecule has 2 rings (SSSR count). The number of nitrogens with zero attached hydrogens (tertiary/aromatic N) is 1. The lowest BCUT2D eigenvalue weighted by atomic mass is 9.89. The molecule has 0 spiro atoms. The van der Waals surface area contributed by atoms with Crippen molar-refractivity contribution in [3.8, 4) is 0 Å². The van der Waals surface area contributed by atoms with Gasteiger partial charge in [0.15, 0.2) is 0 Å². The van der Waals surface area contributed by atoms with E-state index in [0.29, 0.717) is 0 Å². The van der Waals surface area contributed by atoms with Crippen LogP contribution in [0.1, 0.15) is 39.4 Å². The molecule has 1 aromatic carbocycles. The Morgan fingerprint density at radius 2 is 1.67 bits per heavy atom. The van der Waals surface area contributed by atoms with Crippen molar-refractivity contribution in [3.63, 3.8) is 0 Å². The molecule has 0 radical (unpaired) electrons. The van der Waals surface area contributed by atoms with Gasteiger partial charge in [0.05, 0.1) is 11.6 Å². The van der Waals surface area contributed by atoms with Crippen molar-refractivity contribution in [3.05, 3.63) is 64.0 Å². The zero-order valence-electron chi connectivity index (χ0n) is 12.1. The first-order chi connectivity index (χ1) is 9.71. The first-order valence-electron chi connectivity index (χ1n) is 6.56. The fraction of sp³-hybridized carbons (Fsp3) is 0.312. The lowest BCUT2D eigenvalue weighted by Gasteiger charge is -2.22. The summed E-state index contributed by atoms with van der Waals surface area (Å²) in [6.07, 6.45) is -2.11. The number of hydrogen-bond acceptors (Lipinski definition) is 2. The maximum atomic E-state index is 13.1. The highest BCUT2D eigenvalue weighted by molar-refractivity contribution is 5.45. The first-order valence-corrected chi connectivity index (χ1v) is 6.56. The summed E-state index contributed by atoms with van der Waals surface area (Å²) in [4.78, 5) is 3.80. The van der Waals surface area contributed by atoms with E-state index in [2.05, 4.69) is 4.98 Å². The van der Waals surface area contributed by atoms with E-state index in [1.54, 1.807) is 0 Å². The van der Waals surface area contributed by atoms with Gasteiger partial charge in [-0.3, -0.25) is 4.98 Å². The average Bonchev–Trinajstić information content (AvgIpc) is 2.36. The Kier molecular flexibility index (Phi) is 4.05. The molecule has 112 valence electrons. The van der Waals surface area contributed by atoms with Gasteiger partial charge in [-0.2, -0.15) is 13.2 Å². The van der Waals surface area contributed by atoms with Gasteiger partial charge in [-0.05, 0) is 43.5 Å². The third-order valence-corrected chi connectivity index (χ3v) is 3.54. The smallest absolute Gasteiger partial charge is 0.320 e. The van der Waals surface area contributed by atoms with E-state index < -0.39 is 17.8 Å². The molecule has 0 bridgehead atoms. The molecule has 0 saturated carbocycles. The lowest BCUT2D eigenvalue weighted by Crippen LogP contribution is -2.20. The third kappa shape index (κ3) is 3.08. The second-order valence-electron chi connectivity index (χ2n) is 5.25. The van der Waals surface area contributed by atoms with Crippen molar-refractivity contribution >= 4 is 0 Å². The van der Waals surface area contributed by atoms with Crippen LogP contribution in [0.4, 0.5) is 13.2 Å². The minimum absolute atomic E-state index is 0.0000491. The molecule has 0 aliphatic carbocycles. The monoisotopic (exact) mass is 294 g/mol. The maximum absolute atomic E-state index is 13.1. The van der Waals surface area contributed by atoms with E-state index >= 15 is 0 Å². The maximum Gasteiger partial charge on any atom is 0.416 e. The minimum Gasteiger partial charge on any atom is -0.320 e. The number of pyridine rings is 1. The van der Waals surface area contributed by atoms with E-state index in [-0.39, 0.29) is 5.56 Å². The summed E-state index contributed by atoms with van der Waals surface area (Å²) in [5, 5.41) is 0. The van der Waals surface area contributed by atoms with E-state index in [1.165, 1.54) is 6.20 Å². The molecule has 21 heavy (non-hydrogen) atoms. The molecule has 0 saturated heterocycles. The number of alkyl halides is 3. The van der Waals surface area contributed by atoms with Gasteiger partial charge >= 0.3 is 6.18 Å². The molecule has 2 aromatic rings. The number of rotatable bonds is 2. The molecule has 0 aliphatic heterocycles. The van der Waals surface area contributed by atoms with Crippen LogP contribution in [-0.4, -0.2) is 4.98 Å². The fourth-order valence-electron chi connectivity index (χ4n) is 2.75. The molecule has 1 atom stereocenters. The van der Waals surface area contributed by atoms with Crippen molar-refractivity contribution in [1.29, 1.82) is 0 Å². The Labute approximate surface area is 121 Å². The Hall–Kier alpha value is -1.88. The highest BCUT2D eigenvalue weighted by Gasteiger charge is 2.35. The molecule has 1 heterocycles. The molecular formula is C16H17F3N2. The second kappa shape index (κ2) is 5.48. The van der Waals surface area contributed by atoms with Crippen molar-refractivity contribution in [2.24, 2.45) is 5.73 Å². The quantitative estimate of drug-likeness (QED) is 0.906. The van der Waals surface area contributed by atoms with Gasteiger partial charge in [-0.1, -0.05) is 17.7 Å². The predicted molar refractivity (Wildman–Crippen MR) is 75.9 cm³/mol. The van der Waals surface area contributed by atoms with Crippen LogP contribution in [0.5, 0.6) is 0 Å². The summed E-state index contributed by atoms with van der Waals surface area (Å²) in [5.41, 5.74) is 8.95. The summed E-state index contributed by atoms with van der Waals surface area (Å²) in [7, 11) is 0. The molecule has 0 amide bonds. The Morgan fingerprint density at radius 3 is 2.19 bits per heavy atom. The summed E-state index contributed by atoms with van der Waals surface area (Å²) < 4.78 is 39.3. The molecular weight excluding hydrogens is 277 g/mol. The van der Waals surface area contributed by atoms with Crippen molar-refractivity contribution in [2.75, 3.05) is 0 Å². The van der Waals surface area contributed by atoms with Gasteiger partial charge in [-0.15, -0.1) is 0 Å². The summed E-state index contributed by atoms with van der Waals surface area (Å²) in [6, 6.07) is 3.96. The fourth-order valence-corrected chi connectivity index (χ4v) is 2.75. The Bertz CT molecular complexity index is 640.